The summed E-state index contributed by atoms with van der Waals surface area (Å²) in [6, 6.07) is 7.62. The van der Waals surface area contributed by atoms with Crippen molar-refractivity contribution in [2.75, 3.05) is 26.8 Å². The van der Waals surface area contributed by atoms with Crippen LogP contribution in [-0.2, 0) is 9.53 Å². The average Bonchev–Trinajstić information content (AvgIpc) is 2.66. The lowest BCUT2D eigenvalue weighted by Crippen LogP contribution is -2.47. The van der Waals surface area contributed by atoms with Crippen molar-refractivity contribution in [3.8, 4) is 5.75 Å². The zero-order valence-electron chi connectivity index (χ0n) is 16.2. The maximum absolute atomic E-state index is 12.7. The lowest BCUT2D eigenvalue weighted by atomic mass is 9.95. The van der Waals surface area contributed by atoms with E-state index in [1.54, 1.807) is 12.0 Å². The van der Waals surface area contributed by atoms with E-state index in [4.69, 9.17) is 9.47 Å². The molecular weight excluding hydrogens is 332 g/mol. The molecule has 0 radical (unpaired) electrons. The third-order valence-electron chi connectivity index (χ3n) is 4.82. The van der Waals surface area contributed by atoms with E-state index in [9.17, 15) is 9.59 Å². The number of rotatable bonds is 6. The van der Waals surface area contributed by atoms with Crippen molar-refractivity contribution in [3.63, 3.8) is 0 Å². The molecule has 0 spiro atoms. The minimum atomic E-state index is -0.147. The molecule has 1 atom stereocenters. The van der Waals surface area contributed by atoms with Crippen molar-refractivity contribution in [2.24, 2.45) is 11.8 Å². The lowest BCUT2D eigenvalue weighted by molar-refractivity contribution is -0.149. The first kappa shape index (κ1) is 20.1. The van der Waals surface area contributed by atoms with Gasteiger partial charge in [-0.05, 0) is 43.4 Å². The third-order valence-corrected chi connectivity index (χ3v) is 4.82. The number of carbonyl (C=O) groups is 2. The second-order valence-corrected chi connectivity index (χ2v) is 6.96. The average molecular weight is 362 g/mol. The molecule has 0 aromatic heterocycles. The molecule has 0 aliphatic carbocycles. The van der Waals surface area contributed by atoms with Gasteiger partial charge in [0.15, 0.2) is 0 Å². The van der Waals surface area contributed by atoms with Gasteiger partial charge in [0.1, 0.15) is 5.75 Å². The third kappa shape index (κ3) is 5.13. The number of urea groups is 1. The number of benzene rings is 1. The number of esters is 1. The van der Waals surface area contributed by atoms with Crippen molar-refractivity contribution in [1.82, 2.24) is 10.2 Å². The van der Waals surface area contributed by atoms with E-state index in [2.05, 4.69) is 19.2 Å². The largest absolute Gasteiger partial charge is 0.497 e. The first-order valence-corrected chi connectivity index (χ1v) is 9.32. The second-order valence-electron chi connectivity index (χ2n) is 6.96. The van der Waals surface area contributed by atoms with Gasteiger partial charge in [-0.1, -0.05) is 26.0 Å². The number of hydrogen-bond donors (Lipinski definition) is 1. The summed E-state index contributed by atoms with van der Waals surface area (Å²) in [5.41, 5.74) is 1.05. The summed E-state index contributed by atoms with van der Waals surface area (Å²) < 4.78 is 10.3. The summed E-state index contributed by atoms with van der Waals surface area (Å²) in [5, 5.41) is 3.14. The van der Waals surface area contributed by atoms with E-state index in [0.717, 1.165) is 11.3 Å². The topological polar surface area (TPSA) is 67.9 Å². The highest BCUT2D eigenvalue weighted by atomic mass is 16.5. The van der Waals surface area contributed by atoms with Crippen LogP contribution in [0.1, 0.15) is 45.2 Å². The van der Waals surface area contributed by atoms with Crippen LogP contribution in [0.25, 0.3) is 0 Å². The van der Waals surface area contributed by atoms with Crippen molar-refractivity contribution in [3.05, 3.63) is 29.8 Å². The zero-order valence-corrected chi connectivity index (χ0v) is 16.2. The lowest BCUT2D eigenvalue weighted by Gasteiger charge is -2.33. The number of nitrogens with zero attached hydrogens (tertiary/aromatic N) is 1. The number of likely N-dealkylation sites (tertiary alicyclic amines) is 1. The maximum Gasteiger partial charge on any atom is 0.317 e. The number of hydrogen-bond acceptors (Lipinski definition) is 4. The molecule has 1 heterocycles. The predicted octanol–water partition coefficient (Wildman–Crippen LogP) is 3.38. The van der Waals surface area contributed by atoms with Gasteiger partial charge in [0.2, 0.25) is 0 Å². The summed E-state index contributed by atoms with van der Waals surface area (Å²) in [5.74, 6) is 0.806. The molecule has 1 fully saturated rings. The first-order chi connectivity index (χ1) is 12.5. The van der Waals surface area contributed by atoms with E-state index in [1.807, 2.05) is 31.2 Å². The van der Waals surface area contributed by atoms with E-state index in [-0.39, 0.29) is 29.9 Å². The Morgan fingerprint density at radius 3 is 2.31 bits per heavy atom. The Kier molecular flexibility index (Phi) is 7.30. The highest BCUT2D eigenvalue weighted by Gasteiger charge is 2.29. The summed E-state index contributed by atoms with van der Waals surface area (Å²) in [6.45, 7) is 7.53. The number of carbonyl (C=O) groups excluding carboxylic acids is 2. The summed E-state index contributed by atoms with van der Waals surface area (Å²) in [7, 11) is 1.64. The fourth-order valence-electron chi connectivity index (χ4n) is 3.25. The monoisotopic (exact) mass is 362 g/mol. The Hall–Kier alpha value is -2.24. The van der Waals surface area contributed by atoms with E-state index >= 15 is 0 Å². The van der Waals surface area contributed by atoms with Gasteiger partial charge in [0, 0.05) is 13.1 Å². The molecule has 1 aliphatic rings. The smallest absolute Gasteiger partial charge is 0.317 e. The Morgan fingerprint density at radius 2 is 1.81 bits per heavy atom. The number of piperidine rings is 1. The normalized spacial score (nSPS) is 16.3. The highest BCUT2D eigenvalue weighted by Crippen LogP contribution is 2.25. The summed E-state index contributed by atoms with van der Waals surface area (Å²) >= 11 is 0. The Bertz CT molecular complexity index is 592. The molecule has 0 unspecified atom stereocenters. The van der Waals surface area contributed by atoms with Gasteiger partial charge < -0.3 is 19.7 Å². The summed E-state index contributed by atoms with van der Waals surface area (Å²) in [6.07, 6.45) is 1.31. The van der Waals surface area contributed by atoms with Gasteiger partial charge >= 0.3 is 12.0 Å². The quantitative estimate of drug-likeness (QED) is 0.788. The van der Waals surface area contributed by atoms with E-state index in [1.165, 1.54) is 0 Å². The molecule has 0 bridgehead atoms. The first-order valence-electron chi connectivity index (χ1n) is 9.32. The van der Waals surface area contributed by atoms with Gasteiger partial charge in [0.25, 0.3) is 0 Å². The SMILES string of the molecule is CCOC(=O)C1CCN(C(=O)N[C@@H](c2ccc(OC)cc2)C(C)C)CC1. The minimum absolute atomic E-state index is 0.0730. The molecule has 6 heteroatoms. The zero-order chi connectivity index (χ0) is 19.1. The molecular formula is C20H30N2O4. The highest BCUT2D eigenvalue weighted by molar-refractivity contribution is 5.76. The molecule has 144 valence electrons. The van der Waals surface area contributed by atoms with Crippen LogP contribution in [0.5, 0.6) is 5.75 Å². The number of ether oxygens (including phenoxy) is 2. The van der Waals surface area contributed by atoms with Gasteiger partial charge in [-0.3, -0.25) is 4.79 Å². The molecule has 1 aromatic carbocycles. The van der Waals surface area contributed by atoms with E-state index in [0.29, 0.717) is 32.5 Å². The fraction of sp³-hybridized carbons (Fsp3) is 0.600. The van der Waals surface area contributed by atoms with Crippen molar-refractivity contribution in [1.29, 1.82) is 0 Å². The van der Waals surface area contributed by atoms with Crippen LogP contribution in [0, 0.1) is 11.8 Å². The van der Waals surface area contributed by atoms with Gasteiger partial charge in [-0.25, -0.2) is 4.79 Å². The standard InChI is InChI=1S/C20H30N2O4/c1-5-26-19(23)16-10-12-22(13-11-16)20(24)21-18(14(2)3)15-6-8-17(25-4)9-7-15/h6-9,14,16,18H,5,10-13H2,1-4H3,(H,21,24)/t18-/m1/s1. The molecule has 1 N–H and O–H groups in total. The van der Waals surface area contributed by atoms with Crippen LogP contribution >= 0.6 is 0 Å². The minimum Gasteiger partial charge on any atom is -0.497 e. The molecule has 26 heavy (non-hydrogen) atoms. The molecule has 1 aliphatic heterocycles. The van der Waals surface area contributed by atoms with Gasteiger partial charge in [0.05, 0.1) is 25.7 Å². The summed E-state index contributed by atoms with van der Waals surface area (Å²) in [4.78, 5) is 26.3. The Morgan fingerprint density at radius 1 is 1.19 bits per heavy atom. The number of nitrogens with one attached hydrogen (secondary N) is 1. The van der Waals surface area contributed by atoms with Crippen LogP contribution in [0.2, 0.25) is 0 Å². The second kappa shape index (κ2) is 9.46. The maximum atomic E-state index is 12.7. The molecule has 1 aromatic rings. The van der Waals surface area contributed by atoms with E-state index < -0.39 is 0 Å². The van der Waals surface area contributed by atoms with Crippen molar-refractivity contribution in [2.45, 2.75) is 39.7 Å². The van der Waals surface area contributed by atoms with Crippen molar-refractivity contribution < 1.29 is 19.1 Å². The Labute approximate surface area is 155 Å². The molecule has 2 amide bonds. The predicted molar refractivity (Wildman–Crippen MR) is 100 cm³/mol. The fourth-order valence-corrected chi connectivity index (χ4v) is 3.25. The van der Waals surface area contributed by atoms with Crippen molar-refractivity contribution >= 4 is 12.0 Å². The van der Waals surface area contributed by atoms with Crippen LogP contribution < -0.4 is 10.1 Å². The van der Waals surface area contributed by atoms with Gasteiger partial charge in [-0.2, -0.15) is 0 Å². The molecule has 0 saturated carbocycles. The molecule has 2 rings (SSSR count). The van der Waals surface area contributed by atoms with Crippen LogP contribution in [0.4, 0.5) is 4.79 Å². The molecule has 1 saturated heterocycles. The van der Waals surface area contributed by atoms with Gasteiger partial charge in [-0.15, -0.1) is 0 Å². The number of amides is 2. The Balaban J connectivity index is 1.94. The van der Waals surface area contributed by atoms with Crippen LogP contribution in [-0.4, -0.2) is 43.7 Å². The molecule has 6 nitrogen and oxygen atoms in total. The van der Waals surface area contributed by atoms with Crippen LogP contribution in [0.3, 0.4) is 0 Å². The van der Waals surface area contributed by atoms with Crippen LogP contribution in [0.15, 0.2) is 24.3 Å². The number of methoxy groups -OCH3 is 1.